The Morgan fingerprint density at radius 2 is 2.07 bits per heavy atom. The topological polar surface area (TPSA) is 21.8 Å². The first-order valence-electron chi connectivity index (χ1n) is 5.20. The average molecular weight is 192 g/mol. The van der Waals surface area contributed by atoms with Crippen LogP contribution in [0.4, 0.5) is 0 Å². The van der Waals surface area contributed by atoms with Crippen molar-refractivity contribution in [3.8, 4) is 0 Å². The molecule has 1 aromatic rings. The quantitative estimate of drug-likeness (QED) is 0.528. The van der Waals surface area contributed by atoms with Gasteiger partial charge in [-0.3, -0.25) is 0 Å². The van der Waals surface area contributed by atoms with Gasteiger partial charge in [0.1, 0.15) is 12.2 Å². The molecule has 0 amide bonds. The van der Waals surface area contributed by atoms with Crippen molar-refractivity contribution < 1.29 is 9.47 Å². The van der Waals surface area contributed by atoms with Crippen molar-refractivity contribution in [3.63, 3.8) is 0 Å². The molecule has 14 heavy (non-hydrogen) atoms. The van der Waals surface area contributed by atoms with Crippen molar-refractivity contribution in [2.75, 3.05) is 13.2 Å². The molecular weight excluding hydrogens is 176 g/mol. The smallest absolute Gasteiger partial charge is 0.112 e. The van der Waals surface area contributed by atoms with E-state index in [0.717, 1.165) is 19.6 Å². The first kappa shape index (κ1) is 9.69. The highest BCUT2D eigenvalue weighted by Crippen LogP contribution is 2.38. The van der Waals surface area contributed by atoms with Gasteiger partial charge in [0.15, 0.2) is 0 Å². The number of ether oxygens (including phenoxy) is 2. The molecule has 1 heterocycles. The van der Waals surface area contributed by atoms with Crippen LogP contribution in [0, 0.1) is 0 Å². The maximum absolute atomic E-state index is 5.52. The second-order valence-corrected chi connectivity index (χ2v) is 3.58. The number of rotatable bonds is 5. The van der Waals surface area contributed by atoms with Crippen LogP contribution in [0.3, 0.4) is 0 Å². The van der Waals surface area contributed by atoms with Crippen LogP contribution in [0.15, 0.2) is 30.3 Å². The molecule has 2 heteroatoms. The van der Waals surface area contributed by atoms with Crippen LogP contribution in [0.25, 0.3) is 0 Å². The van der Waals surface area contributed by atoms with E-state index in [9.17, 15) is 0 Å². The zero-order valence-corrected chi connectivity index (χ0v) is 8.48. The Labute approximate surface area is 84.8 Å². The molecule has 0 spiro atoms. The van der Waals surface area contributed by atoms with Gasteiger partial charge in [0.2, 0.25) is 0 Å². The van der Waals surface area contributed by atoms with Gasteiger partial charge in [0.25, 0.3) is 0 Å². The largest absolute Gasteiger partial charge is 0.379 e. The van der Waals surface area contributed by atoms with Crippen molar-refractivity contribution in [2.45, 2.75) is 25.6 Å². The molecular formula is C12H16O2. The van der Waals surface area contributed by atoms with Crippen LogP contribution in [-0.4, -0.2) is 19.3 Å². The van der Waals surface area contributed by atoms with Gasteiger partial charge >= 0.3 is 0 Å². The van der Waals surface area contributed by atoms with Gasteiger partial charge in [-0.15, -0.1) is 0 Å². The summed E-state index contributed by atoms with van der Waals surface area (Å²) in [4.78, 5) is 0. The molecule has 0 aliphatic carbocycles. The SMILES string of the molecule is CCCOCC1OC1c1ccccc1. The molecule has 2 unspecified atom stereocenters. The van der Waals surface area contributed by atoms with E-state index in [2.05, 4.69) is 19.1 Å². The number of hydrogen-bond donors (Lipinski definition) is 0. The molecule has 1 aliphatic heterocycles. The molecule has 2 atom stereocenters. The first-order chi connectivity index (χ1) is 6.92. The Morgan fingerprint density at radius 3 is 2.79 bits per heavy atom. The Hall–Kier alpha value is -0.860. The van der Waals surface area contributed by atoms with E-state index in [1.54, 1.807) is 0 Å². The maximum atomic E-state index is 5.52. The Morgan fingerprint density at radius 1 is 1.29 bits per heavy atom. The fourth-order valence-corrected chi connectivity index (χ4v) is 1.55. The third-order valence-electron chi connectivity index (χ3n) is 2.34. The summed E-state index contributed by atoms with van der Waals surface area (Å²) in [5, 5.41) is 0. The number of hydrogen-bond acceptors (Lipinski definition) is 2. The highest BCUT2D eigenvalue weighted by atomic mass is 16.6. The molecule has 1 fully saturated rings. The lowest BCUT2D eigenvalue weighted by molar-refractivity contribution is 0.117. The Bertz CT molecular complexity index is 271. The predicted octanol–water partition coefficient (Wildman–Crippen LogP) is 2.55. The van der Waals surface area contributed by atoms with Crippen molar-refractivity contribution in [1.82, 2.24) is 0 Å². The fourth-order valence-electron chi connectivity index (χ4n) is 1.55. The van der Waals surface area contributed by atoms with E-state index in [4.69, 9.17) is 9.47 Å². The lowest BCUT2D eigenvalue weighted by Gasteiger charge is -1.98. The van der Waals surface area contributed by atoms with E-state index in [0.29, 0.717) is 0 Å². The summed E-state index contributed by atoms with van der Waals surface area (Å²) in [7, 11) is 0. The van der Waals surface area contributed by atoms with E-state index >= 15 is 0 Å². The van der Waals surface area contributed by atoms with Crippen LogP contribution < -0.4 is 0 Å². The molecule has 1 aliphatic rings. The van der Waals surface area contributed by atoms with Crippen molar-refractivity contribution in [2.24, 2.45) is 0 Å². The highest BCUT2D eigenvalue weighted by Gasteiger charge is 2.39. The van der Waals surface area contributed by atoms with E-state index in [1.165, 1.54) is 5.56 Å². The van der Waals surface area contributed by atoms with Crippen LogP contribution in [0.2, 0.25) is 0 Å². The van der Waals surface area contributed by atoms with Crippen LogP contribution in [0.5, 0.6) is 0 Å². The van der Waals surface area contributed by atoms with Crippen LogP contribution in [0.1, 0.15) is 25.0 Å². The van der Waals surface area contributed by atoms with Gasteiger partial charge in [0.05, 0.1) is 6.61 Å². The minimum Gasteiger partial charge on any atom is -0.379 e. The summed E-state index contributed by atoms with van der Waals surface area (Å²) in [6, 6.07) is 10.3. The zero-order valence-electron chi connectivity index (χ0n) is 8.48. The molecule has 0 saturated carbocycles. The van der Waals surface area contributed by atoms with E-state index in [1.807, 2.05) is 18.2 Å². The molecule has 1 aromatic carbocycles. The first-order valence-corrected chi connectivity index (χ1v) is 5.20. The van der Waals surface area contributed by atoms with Crippen molar-refractivity contribution in [3.05, 3.63) is 35.9 Å². The van der Waals surface area contributed by atoms with Crippen molar-refractivity contribution >= 4 is 0 Å². The van der Waals surface area contributed by atoms with Gasteiger partial charge < -0.3 is 9.47 Å². The second kappa shape index (κ2) is 4.58. The molecule has 2 nitrogen and oxygen atoms in total. The minimum atomic E-state index is 0.271. The molecule has 1 saturated heterocycles. The molecule has 0 radical (unpaired) electrons. The summed E-state index contributed by atoms with van der Waals surface area (Å²) >= 11 is 0. The van der Waals surface area contributed by atoms with Gasteiger partial charge in [-0.2, -0.15) is 0 Å². The minimum absolute atomic E-state index is 0.271. The third kappa shape index (κ3) is 2.34. The van der Waals surface area contributed by atoms with Crippen LogP contribution >= 0.6 is 0 Å². The third-order valence-corrected chi connectivity index (χ3v) is 2.34. The van der Waals surface area contributed by atoms with Gasteiger partial charge in [-0.25, -0.2) is 0 Å². The lowest BCUT2D eigenvalue weighted by atomic mass is 10.1. The molecule has 0 aromatic heterocycles. The standard InChI is InChI=1S/C12H16O2/c1-2-8-13-9-11-12(14-11)10-6-4-3-5-7-10/h3-7,11-12H,2,8-9H2,1H3. The van der Waals surface area contributed by atoms with Gasteiger partial charge in [-0.05, 0) is 12.0 Å². The predicted molar refractivity (Wildman–Crippen MR) is 55.2 cm³/mol. The average Bonchev–Trinajstić information content (AvgIpc) is 2.99. The molecule has 2 rings (SSSR count). The monoisotopic (exact) mass is 192 g/mol. The highest BCUT2D eigenvalue weighted by molar-refractivity contribution is 5.22. The summed E-state index contributed by atoms with van der Waals surface area (Å²) in [6.45, 7) is 3.68. The number of benzene rings is 1. The number of epoxide rings is 1. The summed E-state index contributed by atoms with van der Waals surface area (Å²) in [5.74, 6) is 0. The van der Waals surface area contributed by atoms with E-state index in [-0.39, 0.29) is 12.2 Å². The summed E-state index contributed by atoms with van der Waals surface area (Å²) in [6.07, 6.45) is 1.62. The van der Waals surface area contributed by atoms with Crippen LogP contribution in [-0.2, 0) is 9.47 Å². The van der Waals surface area contributed by atoms with Crippen molar-refractivity contribution in [1.29, 1.82) is 0 Å². The zero-order chi connectivity index (χ0) is 9.80. The second-order valence-electron chi connectivity index (χ2n) is 3.58. The fraction of sp³-hybridized carbons (Fsp3) is 0.500. The summed E-state index contributed by atoms with van der Waals surface area (Å²) in [5.41, 5.74) is 1.26. The van der Waals surface area contributed by atoms with Gasteiger partial charge in [0, 0.05) is 6.61 Å². The molecule has 0 N–H and O–H groups in total. The Balaban J connectivity index is 1.76. The molecule has 0 bridgehead atoms. The van der Waals surface area contributed by atoms with Gasteiger partial charge in [-0.1, -0.05) is 37.3 Å². The maximum Gasteiger partial charge on any atom is 0.112 e. The Kier molecular flexibility index (Phi) is 3.17. The molecule has 76 valence electrons. The van der Waals surface area contributed by atoms with E-state index < -0.39 is 0 Å². The normalized spacial score (nSPS) is 24.9. The lowest BCUT2D eigenvalue weighted by Crippen LogP contribution is -2.02. The summed E-state index contributed by atoms with van der Waals surface area (Å²) < 4.78 is 11.0.